The van der Waals surface area contributed by atoms with Gasteiger partial charge in [-0.1, -0.05) is 45.0 Å². The van der Waals surface area contributed by atoms with Crippen LogP contribution in [0, 0.1) is 6.92 Å². The Balaban J connectivity index is 2.39. The van der Waals surface area contributed by atoms with E-state index < -0.39 is 0 Å². The lowest BCUT2D eigenvalue weighted by Gasteiger charge is -2.19. The maximum absolute atomic E-state index is 12.5. The summed E-state index contributed by atoms with van der Waals surface area (Å²) >= 11 is 0. The van der Waals surface area contributed by atoms with Gasteiger partial charge in [0.1, 0.15) is 11.5 Å². The van der Waals surface area contributed by atoms with E-state index in [9.17, 15) is 15.0 Å². The van der Waals surface area contributed by atoms with Crippen molar-refractivity contribution in [2.45, 2.75) is 33.1 Å². The Hall–Kier alpha value is -2.29. The van der Waals surface area contributed by atoms with Crippen LogP contribution in [0.25, 0.3) is 0 Å². The van der Waals surface area contributed by atoms with Crippen LogP contribution < -0.4 is 0 Å². The van der Waals surface area contributed by atoms with E-state index in [4.69, 9.17) is 0 Å². The number of ketones is 1. The molecule has 0 aliphatic heterocycles. The van der Waals surface area contributed by atoms with Crippen LogP contribution in [0.15, 0.2) is 36.4 Å². The fourth-order valence-electron chi connectivity index (χ4n) is 2.15. The monoisotopic (exact) mass is 284 g/mol. The normalized spacial score (nSPS) is 11.4. The van der Waals surface area contributed by atoms with Gasteiger partial charge in [0.25, 0.3) is 0 Å². The van der Waals surface area contributed by atoms with Crippen molar-refractivity contribution in [3.63, 3.8) is 0 Å². The van der Waals surface area contributed by atoms with Crippen LogP contribution in [0.2, 0.25) is 0 Å². The highest BCUT2D eigenvalue weighted by Gasteiger charge is 2.18. The Labute approximate surface area is 124 Å². The standard InChI is InChI=1S/C18H20O3/c1-11-15(19)10-9-14(16(11)20)17(21)12-5-7-13(8-6-12)18(2,3)4/h5-10,19-20H,1-4H3. The van der Waals surface area contributed by atoms with Crippen LogP contribution in [0.3, 0.4) is 0 Å². The highest BCUT2D eigenvalue weighted by atomic mass is 16.3. The summed E-state index contributed by atoms with van der Waals surface area (Å²) in [5.74, 6) is -0.442. The van der Waals surface area contributed by atoms with Crippen molar-refractivity contribution in [3.8, 4) is 11.5 Å². The van der Waals surface area contributed by atoms with E-state index in [-0.39, 0.29) is 28.3 Å². The van der Waals surface area contributed by atoms with Gasteiger partial charge in [0.2, 0.25) is 0 Å². The number of benzene rings is 2. The van der Waals surface area contributed by atoms with Crippen LogP contribution in [-0.2, 0) is 5.41 Å². The summed E-state index contributed by atoms with van der Waals surface area (Å²) in [5.41, 5.74) is 2.20. The molecule has 0 amide bonds. The highest BCUT2D eigenvalue weighted by molar-refractivity contribution is 6.11. The van der Waals surface area contributed by atoms with Crippen molar-refractivity contribution < 1.29 is 15.0 Å². The summed E-state index contributed by atoms with van der Waals surface area (Å²) in [6, 6.07) is 10.3. The van der Waals surface area contributed by atoms with Crippen LogP contribution >= 0.6 is 0 Å². The minimum atomic E-state index is -0.254. The van der Waals surface area contributed by atoms with Crippen molar-refractivity contribution in [2.24, 2.45) is 0 Å². The topological polar surface area (TPSA) is 57.5 Å². The molecule has 0 aliphatic rings. The Morgan fingerprint density at radius 2 is 1.52 bits per heavy atom. The predicted octanol–water partition coefficient (Wildman–Crippen LogP) is 3.93. The molecule has 0 atom stereocenters. The zero-order chi connectivity index (χ0) is 15.8. The SMILES string of the molecule is Cc1c(O)ccc(C(=O)c2ccc(C(C)(C)C)cc2)c1O. The lowest BCUT2D eigenvalue weighted by atomic mass is 9.86. The van der Waals surface area contributed by atoms with Gasteiger partial charge >= 0.3 is 0 Å². The molecule has 2 aromatic carbocycles. The maximum atomic E-state index is 12.5. The Kier molecular flexibility index (Phi) is 3.77. The van der Waals surface area contributed by atoms with E-state index in [0.717, 1.165) is 5.56 Å². The number of carbonyl (C=O) groups excluding carboxylic acids is 1. The van der Waals surface area contributed by atoms with Crippen molar-refractivity contribution in [1.82, 2.24) is 0 Å². The van der Waals surface area contributed by atoms with Gasteiger partial charge in [0.05, 0.1) is 5.56 Å². The lowest BCUT2D eigenvalue weighted by Crippen LogP contribution is -2.11. The third kappa shape index (κ3) is 2.92. The first-order chi connectivity index (χ1) is 9.71. The van der Waals surface area contributed by atoms with Crippen molar-refractivity contribution >= 4 is 5.78 Å². The number of phenols is 2. The third-order valence-corrected chi connectivity index (χ3v) is 3.66. The summed E-state index contributed by atoms with van der Waals surface area (Å²) in [6.07, 6.45) is 0. The molecule has 0 fully saturated rings. The summed E-state index contributed by atoms with van der Waals surface area (Å²) in [5, 5.41) is 19.5. The van der Waals surface area contributed by atoms with E-state index in [1.165, 1.54) is 12.1 Å². The summed E-state index contributed by atoms with van der Waals surface area (Å²) < 4.78 is 0. The van der Waals surface area contributed by atoms with Gasteiger partial charge in [-0.15, -0.1) is 0 Å². The number of hydrogen-bond acceptors (Lipinski definition) is 3. The molecule has 2 rings (SSSR count). The molecule has 0 heterocycles. The van der Waals surface area contributed by atoms with Crippen molar-refractivity contribution in [1.29, 1.82) is 0 Å². The molecule has 110 valence electrons. The lowest BCUT2D eigenvalue weighted by molar-refractivity contribution is 0.103. The Bertz CT molecular complexity index is 677. The summed E-state index contributed by atoms with van der Waals surface area (Å²) in [7, 11) is 0. The second-order valence-corrected chi connectivity index (χ2v) is 6.26. The molecular formula is C18H20O3. The average molecular weight is 284 g/mol. The van der Waals surface area contributed by atoms with Gasteiger partial charge in [-0.3, -0.25) is 4.79 Å². The van der Waals surface area contributed by atoms with Gasteiger partial charge in [0.15, 0.2) is 5.78 Å². The Morgan fingerprint density at radius 3 is 2.05 bits per heavy atom. The highest BCUT2D eigenvalue weighted by Crippen LogP contribution is 2.31. The zero-order valence-electron chi connectivity index (χ0n) is 12.8. The second-order valence-electron chi connectivity index (χ2n) is 6.26. The van der Waals surface area contributed by atoms with Crippen LogP contribution in [0.4, 0.5) is 0 Å². The molecule has 0 unspecified atom stereocenters. The molecule has 0 aliphatic carbocycles. The molecular weight excluding hydrogens is 264 g/mol. The molecule has 0 saturated carbocycles. The van der Waals surface area contributed by atoms with E-state index in [2.05, 4.69) is 20.8 Å². The number of hydrogen-bond donors (Lipinski definition) is 2. The van der Waals surface area contributed by atoms with Crippen molar-refractivity contribution in [2.75, 3.05) is 0 Å². The second kappa shape index (κ2) is 5.24. The van der Waals surface area contributed by atoms with E-state index in [1.807, 2.05) is 12.1 Å². The van der Waals surface area contributed by atoms with Crippen LogP contribution in [0.1, 0.15) is 47.8 Å². The van der Waals surface area contributed by atoms with Gasteiger partial charge < -0.3 is 10.2 Å². The van der Waals surface area contributed by atoms with Gasteiger partial charge in [-0.25, -0.2) is 0 Å². The minimum Gasteiger partial charge on any atom is -0.508 e. The molecule has 0 bridgehead atoms. The molecule has 0 aromatic heterocycles. The van der Waals surface area contributed by atoms with Crippen molar-refractivity contribution in [3.05, 3.63) is 58.7 Å². The van der Waals surface area contributed by atoms with E-state index in [0.29, 0.717) is 11.1 Å². The molecule has 2 aromatic rings. The van der Waals surface area contributed by atoms with Gasteiger partial charge in [-0.05, 0) is 30.0 Å². The molecule has 0 saturated heterocycles. The quantitative estimate of drug-likeness (QED) is 0.821. The zero-order valence-corrected chi connectivity index (χ0v) is 12.8. The minimum absolute atomic E-state index is 0.0212. The van der Waals surface area contributed by atoms with Crippen LogP contribution in [-0.4, -0.2) is 16.0 Å². The van der Waals surface area contributed by atoms with E-state index >= 15 is 0 Å². The fourth-order valence-corrected chi connectivity index (χ4v) is 2.15. The van der Waals surface area contributed by atoms with Gasteiger partial charge in [-0.2, -0.15) is 0 Å². The number of carbonyl (C=O) groups is 1. The molecule has 3 nitrogen and oxygen atoms in total. The van der Waals surface area contributed by atoms with Crippen LogP contribution in [0.5, 0.6) is 11.5 Å². The summed E-state index contributed by atoms with van der Waals surface area (Å²) in [4.78, 5) is 12.5. The van der Waals surface area contributed by atoms with Gasteiger partial charge in [0, 0.05) is 11.1 Å². The maximum Gasteiger partial charge on any atom is 0.196 e. The molecule has 0 spiro atoms. The molecule has 3 heteroatoms. The smallest absolute Gasteiger partial charge is 0.196 e. The number of rotatable bonds is 2. The third-order valence-electron chi connectivity index (χ3n) is 3.66. The molecule has 21 heavy (non-hydrogen) atoms. The number of aromatic hydroxyl groups is 2. The average Bonchev–Trinajstić information content (AvgIpc) is 2.43. The largest absolute Gasteiger partial charge is 0.508 e. The molecule has 2 N–H and O–H groups in total. The summed E-state index contributed by atoms with van der Waals surface area (Å²) in [6.45, 7) is 7.90. The molecule has 0 radical (unpaired) electrons. The fraction of sp³-hybridized carbons (Fsp3) is 0.278. The predicted molar refractivity (Wildman–Crippen MR) is 83.1 cm³/mol. The van der Waals surface area contributed by atoms with E-state index in [1.54, 1.807) is 19.1 Å². The first kappa shape index (κ1) is 15.1. The number of phenolic OH excluding ortho intramolecular Hbond substituents is 2. The first-order valence-corrected chi connectivity index (χ1v) is 6.88. The first-order valence-electron chi connectivity index (χ1n) is 6.88. The Morgan fingerprint density at radius 1 is 0.952 bits per heavy atom.